The quantitative estimate of drug-likeness (QED) is 0.666. The van der Waals surface area contributed by atoms with Gasteiger partial charge in [-0.1, -0.05) is 30.3 Å². The Labute approximate surface area is 120 Å². The molecule has 100 valence electrons. The van der Waals surface area contributed by atoms with Crippen molar-refractivity contribution in [1.29, 1.82) is 0 Å². The molecular formula is C16H13NO2S. The number of hydrogen-bond donors (Lipinski definition) is 0. The van der Waals surface area contributed by atoms with Gasteiger partial charge >= 0.3 is 5.97 Å². The zero-order valence-corrected chi connectivity index (χ0v) is 12.0. The van der Waals surface area contributed by atoms with Crippen molar-refractivity contribution in [3.05, 3.63) is 53.0 Å². The van der Waals surface area contributed by atoms with Crippen molar-refractivity contribution in [2.24, 2.45) is 0 Å². The summed E-state index contributed by atoms with van der Waals surface area (Å²) in [6, 6.07) is 14.0. The number of methoxy groups -OCH3 is 1. The van der Waals surface area contributed by atoms with Crippen LogP contribution < -0.4 is 0 Å². The Balaban J connectivity index is 2.16. The molecule has 3 nitrogen and oxygen atoms in total. The van der Waals surface area contributed by atoms with E-state index in [1.54, 1.807) is 0 Å². The Morgan fingerprint density at radius 3 is 2.65 bits per heavy atom. The van der Waals surface area contributed by atoms with Crippen LogP contribution in [-0.2, 0) is 4.74 Å². The van der Waals surface area contributed by atoms with Gasteiger partial charge < -0.3 is 4.74 Å². The molecule has 4 heteroatoms. The van der Waals surface area contributed by atoms with E-state index in [1.807, 2.05) is 31.2 Å². The monoisotopic (exact) mass is 283 g/mol. The standard InChI is InChI=1S/C16H13NO2S/c1-10-13(11-6-4-3-5-7-11)8-12-9-14(16(18)19-2)20-15(12)17-10/h3-9H,1-2H3. The normalized spacial score (nSPS) is 10.7. The zero-order chi connectivity index (χ0) is 14.1. The number of carbonyl (C=O) groups is 1. The first-order chi connectivity index (χ1) is 9.69. The number of carbonyl (C=O) groups excluding carboxylic acids is 1. The summed E-state index contributed by atoms with van der Waals surface area (Å²) in [5, 5.41) is 0.972. The van der Waals surface area contributed by atoms with Crippen molar-refractivity contribution < 1.29 is 9.53 Å². The van der Waals surface area contributed by atoms with Crippen LogP contribution in [-0.4, -0.2) is 18.1 Å². The number of aryl methyl sites for hydroxylation is 1. The second kappa shape index (κ2) is 5.06. The molecule has 0 radical (unpaired) electrons. The first-order valence-corrected chi connectivity index (χ1v) is 7.05. The predicted octanol–water partition coefficient (Wildman–Crippen LogP) is 4.06. The molecule has 1 aromatic carbocycles. The fourth-order valence-corrected chi connectivity index (χ4v) is 3.15. The SMILES string of the molecule is COC(=O)c1cc2cc(-c3ccccc3)c(C)nc2s1. The number of thiophene rings is 1. The van der Waals surface area contributed by atoms with Crippen LogP contribution in [0.2, 0.25) is 0 Å². The van der Waals surface area contributed by atoms with E-state index in [2.05, 4.69) is 23.2 Å². The molecule has 0 aliphatic rings. The van der Waals surface area contributed by atoms with Crippen LogP contribution in [0.4, 0.5) is 0 Å². The van der Waals surface area contributed by atoms with Gasteiger partial charge in [0.05, 0.1) is 7.11 Å². The van der Waals surface area contributed by atoms with Crippen LogP contribution in [0.5, 0.6) is 0 Å². The average molecular weight is 283 g/mol. The highest BCUT2D eigenvalue weighted by Gasteiger charge is 2.13. The molecule has 3 rings (SSSR count). The predicted molar refractivity (Wildman–Crippen MR) is 81.1 cm³/mol. The van der Waals surface area contributed by atoms with Gasteiger partial charge in [0.2, 0.25) is 0 Å². The van der Waals surface area contributed by atoms with Gasteiger partial charge in [0, 0.05) is 16.6 Å². The van der Waals surface area contributed by atoms with E-state index in [9.17, 15) is 4.79 Å². The highest BCUT2D eigenvalue weighted by molar-refractivity contribution is 7.20. The van der Waals surface area contributed by atoms with E-state index < -0.39 is 0 Å². The maximum absolute atomic E-state index is 11.6. The van der Waals surface area contributed by atoms with Gasteiger partial charge in [-0.25, -0.2) is 9.78 Å². The molecule has 0 fully saturated rings. The lowest BCUT2D eigenvalue weighted by molar-refractivity contribution is 0.0606. The van der Waals surface area contributed by atoms with E-state index in [-0.39, 0.29) is 5.97 Å². The van der Waals surface area contributed by atoms with E-state index in [1.165, 1.54) is 18.4 Å². The number of ether oxygens (including phenoxy) is 1. The van der Waals surface area contributed by atoms with Crippen molar-refractivity contribution in [1.82, 2.24) is 4.98 Å². The molecule has 0 unspecified atom stereocenters. The van der Waals surface area contributed by atoms with Crippen LogP contribution in [0.25, 0.3) is 21.3 Å². The van der Waals surface area contributed by atoms with Gasteiger partial charge in [0.1, 0.15) is 9.71 Å². The Morgan fingerprint density at radius 2 is 1.95 bits per heavy atom. The highest BCUT2D eigenvalue weighted by atomic mass is 32.1. The fourth-order valence-electron chi connectivity index (χ4n) is 2.17. The smallest absolute Gasteiger partial charge is 0.348 e. The summed E-state index contributed by atoms with van der Waals surface area (Å²) in [7, 11) is 1.39. The lowest BCUT2D eigenvalue weighted by atomic mass is 10.0. The summed E-state index contributed by atoms with van der Waals surface area (Å²) < 4.78 is 4.75. The third-order valence-corrected chi connectivity index (χ3v) is 4.20. The number of benzene rings is 1. The number of fused-ring (bicyclic) bond motifs is 1. The maximum Gasteiger partial charge on any atom is 0.348 e. The summed E-state index contributed by atoms with van der Waals surface area (Å²) in [6.07, 6.45) is 0. The Kier molecular flexibility index (Phi) is 3.24. The van der Waals surface area contributed by atoms with Crippen molar-refractivity contribution in [2.45, 2.75) is 6.92 Å². The molecule has 2 heterocycles. The molecule has 0 amide bonds. The molecule has 0 aliphatic heterocycles. The van der Waals surface area contributed by atoms with Crippen LogP contribution in [0, 0.1) is 6.92 Å². The fraction of sp³-hybridized carbons (Fsp3) is 0.125. The molecular weight excluding hydrogens is 270 g/mol. The van der Waals surface area contributed by atoms with Gasteiger partial charge in [0.25, 0.3) is 0 Å². The second-order valence-electron chi connectivity index (χ2n) is 4.48. The molecule has 0 atom stereocenters. The molecule has 0 aliphatic carbocycles. The number of aromatic nitrogens is 1. The number of esters is 1. The van der Waals surface area contributed by atoms with Crippen molar-refractivity contribution in [3.8, 4) is 11.1 Å². The highest BCUT2D eigenvalue weighted by Crippen LogP contribution is 2.30. The summed E-state index contributed by atoms with van der Waals surface area (Å²) in [6.45, 7) is 1.99. The van der Waals surface area contributed by atoms with Crippen LogP contribution >= 0.6 is 11.3 Å². The Morgan fingerprint density at radius 1 is 1.20 bits per heavy atom. The van der Waals surface area contributed by atoms with E-state index in [4.69, 9.17) is 4.74 Å². The largest absolute Gasteiger partial charge is 0.465 e. The van der Waals surface area contributed by atoms with E-state index >= 15 is 0 Å². The van der Waals surface area contributed by atoms with E-state index in [0.717, 1.165) is 27.0 Å². The minimum Gasteiger partial charge on any atom is -0.465 e. The van der Waals surface area contributed by atoms with Crippen molar-refractivity contribution in [2.75, 3.05) is 7.11 Å². The lowest BCUT2D eigenvalue weighted by Crippen LogP contribution is -1.96. The molecule has 3 aromatic rings. The zero-order valence-electron chi connectivity index (χ0n) is 11.2. The summed E-state index contributed by atoms with van der Waals surface area (Å²) >= 11 is 1.36. The maximum atomic E-state index is 11.6. The van der Waals surface area contributed by atoms with Gasteiger partial charge in [-0.05, 0) is 24.6 Å². The molecule has 20 heavy (non-hydrogen) atoms. The molecule has 0 spiro atoms. The second-order valence-corrected chi connectivity index (χ2v) is 5.51. The first kappa shape index (κ1) is 12.8. The van der Waals surface area contributed by atoms with Crippen LogP contribution in [0.15, 0.2) is 42.5 Å². The number of rotatable bonds is 2. The number of pyridine rings is 1. The topological polar surface area (TPSA) is 39.2 Å². The molecule has 0 saturated carbocycles. The van der Waals surface area contributed by atoms with Crippen LogP contribution in [0.1, 0.15) is 15.4 Å². The van der Waals surface area contributed by atoms with Gasteiger partial charge in [-0.2, -0.15) is 0 Å². The van der Waals surface area contributed by atoms with Crippen molar-refractivity contribution >= 4 is 27.5 Å². The molecule has 0 saturated heterocycles. The third kappa shape index (κ3) is 2.18. The van der Waals surface area contributed by atoms with Gasteiger partial charge in [-0.3, -0.25) is 0 Å². The Hall–Kier alpha value is -2.20. The summed E-state index contributed by atoms with van der Waals surface area (Å²) in [4.78, 5) is 17.6. The Bertz CT molecular complexity index is 778. The minimum atomic E-state index is -0.313. The summed E-state index contributed by atoms with van der Waals surface area (Å²) in [5.74, 6) is -0.313. The minimum absolute atomic E-state index is 0.313. The number of hydrogen-bond acceptors (Lipinski definition) is 4. The molecule has 0 N–H and O–H groups in total. The van der Waals surface area contributed by atoms with Gasteiger partial charge in [0.15, 0.2) is 0 Å². The molecule has 2 aromatic heterocycles. The number of nitrogens with zero attached hydrogens (tertiary/aromatic N) is 1. The van der Waals surface area contributed by atoms with Gasteiger partial charge in [-0.15, -0.1) is 11.3 Å². The van der Waals surface area contributed by atoms with Crippen molar-refractivity contribution in [3.63, 3.8) is 0 Å². The summed E-state index contributed by atoms with van der Waals surface area (Å²) in [5.41, 5.74) is 3.18. The van der Waals surface area contributed by atoms with E-state index in [0.29, 0.717) is 4.88 Å². The van der Waals surface area contributed by atoms with Crippen LogP contribution in [0.3, 0.4) is 0 Å². The molecule has 0 bridgehead atoms. The average Bonchev–Trinajstić information content (AvgIpc) is 2.89. The third-order valence-electron chi connectivity index (χ3n) is 3.17. The lowest BCUT2D eigenvalue weighted by Gasteiger charge is -2.05. The first-order valence-electron chi connectivity index (χ1n) is 6.24.